The van der Waals surface area contributed by atoms with Crippen LogP contribution < -0.4 is 9.47 Å². The minimum absolute atomic E-state index is 0.0209. The summed E-state index contributed by atoms with van der Waals surface area (Å²) in [4.78, 5) is 51.6. The Bertz CT molecular complexity index is 1930. The molecular formula is C43H56N4O7S. The van der Waals surface area contributed by atoms with Crippen LogP contribution in [0.5, 0.6) is 11.5 Å². The lowest BCUT2D eigenvalue weighted by Crippen LogP contribution is -2.52. The van der Waals surface area contributed by atoms with E-state index in [1.54, 1.807) is 12.0 Å². The lowest BCUT2D eigenvalue weighted by molar-refractivity contribution is -0.146. The number of carbonyl (C=O) groups excluding carboxylic acids is 3. The molecule has 0 radical (unpaired) electrons. The quantitative estimate of drug-likeness (QED) is 0.237. The molecular weight excluding hydrogens is 717 g/mol. The molecule has 3 unspecified atom stereocenters. The first-order chi connectivity index (χ1) is 26.7. The molecule has 55 heavy (non-hydrogen) atoms. The molecule has 4 heterocycles. The fraction of sp³-hybridized carbons (Fsp3) is 0.581. The third kappa shape index (κ3) is 9.27. The van der Waals surface area contributed by atoms with Crippen molar-refractivity contribution in [2.45, 2.75) is 120 Å². The zero-order valence-electron chi connectivity index (χ0n) is 32.2. The van der Waals surface area contributed by atoms with Gasteiger partial charge in [0.1, 0.15) is 23.6 Å². The van der Waals surface area contributed by atoms with Crippen molar-refractivity contribution in [1.29, 1.82) is 0 Å². The summed E-state index contributed by atoms with van der Waals surface area (Å²) in [7, 11) is -2.28. The summed E-state index contributed by atoms with van der Waals surface area (Å²) in [5.74, 6) is -0.253. The van der Waals surface area contributed by atoms with E-state index in [-0.39, 0.29) is 37.7 Å². The molecule has 1 aromatic heterocycles. The van der Waals surface area contributed by atoms with Crippen LogP contribution in [0.4, 0.5) is 0 Å². The number of rotatable bonds is 8. The molecule has 4 aliphatic rings. The van der Waals surface area contributed by atoms with Gasteiger partial charge in [0.2, 0.25) is 21.8 Å². The lowest BCUT2D eigenvalue weighted by Gasteiger charge is -2.33. The van der Waals surface area contributed by atoms with E-state index in [1.165, 1.54) is 0 Å². The third-order valence-corrected chi connectivity index (χ3v) is 14.1. The van der Waals surface area contributed by atoms with Crippen molar-refractivity contribution in [3.05, 3.63) is 54.6 Å². The number of nitrogens with zero attached hydrogens (tertiary/aromatic N) is 4. The first-order valence-electron chi connectivity index (χ1n) is 20.6. The molecule has 0 N–H and O–H groups in total. The molecule has 3 atom stereocenters. The average Bonchev–Trinajstić information content (AvgIpc) is 4.00. The molecule has 0 bridgehead atoms. The molecule has 3 aromatic rings. The van der Waals surface area contributed by atoms with Crippen LogP contribution in [-0.2, 0) is 24.4 Å². The topological polar surface area (TPSA) is 126 Å². The van der Waals surface area contributed by atoms with E-state index in [4.69, 9.17) is 14.5 Å². The number of likely N-dealkylation sites (tertiary alicyclic amines) is 1. The van der Waals surface area contributed by atoms with E-state index < -0.39 is 39.2 Å². The second kappa shape index (κ2) is 17.7. The number of amides is 3. The Kier molecular flexibility index (Phi) is 12.6. The summed E-state index contributed by atoms with van der Waals surface area (Å²) in [6.45, 7) is 1.61. The summed E-state index contributed by atoms with van der Waals surface area (Å²) < 4.78 is 41.2. The van der Waals surface area contributed by atoms with Crippen molar-refractivity contribution in [1.82, 2.24) is 19.1 Å². The van der Waals surface area contributed by atoms with Gasteiger partial charge in [0.25, 0.3) is 5.91 Å². The number of piperidine rings is 1. The average molecular weight is 773 g/mol. The molecule has 3 aliphatic heterocycles. The molecule has 296 valence electrons. The monoisotopic (exact) mass is 772 g/mol. The van der Waals surface area contributed by atoms with Crippen LogP contribution in [0.15, 0.2) is 54.6 Å². The van der Waals surface area contributed by atoms with E-state index in [0.717, 1.165) is 79.5 Å². The van der Waals surface area contributed by atoms with Crippen LogP contribution in [0.2, 0.25) is 0 Å². The highest BCUT2D eigenvalue weighted by atomic mass is 32.2. The van der Waals surface area contributed by atoms with E-state index in [0.29, 0.717) is 61.5 Å². The van der Waals surface area contributed by atoms with E-state index in [2.05, 4.69) is 0 Å². The highest BCUT2D eigenvalue weighted by Gasteiger charge is 2.49. The Morgan fingerprint density at radius 3 is 2.18 bits per heavy atom. The van der Waals surface area contributed by atoms with Crippen LogP contribution in [0.3, 0.4) is 0 Å². The minimum Gasteiger partial charge on any atom is -0.497 e. The fourth-order valence-corrected chi connectivity index (χ4v) is 10.4. The fourth-order valence-electron chi connectivity index (χ4n) is 8.51. The number of carbonyl (C=O) groups is 3. The number of pyridine rings is 1. The molecule has 2 aromatic carbocycles. The SMILES string of the molecule is COc1ccc2c(OC3CC4C(=O)N(S(=O)(=O)C5CC5)CCCCCCCCCCC(CC(=O)N5CCCCC5)C(=O)N4C3)cc(-c3ccccc3)nc2c1. The van der Waals surface area contributed by atoms with Crippen molar-refractivity contribution in [2.24, 2.45) is 5.92 Å². The van der Waals surface area contributed by atoms with E-state index >= 15 is 0 Å². The third-order valence-electron chi connectivity index (χ3n) is 11.8. The molecule has 3 amide bonds. The largest absolute Gasteiger partial charge is 0.497 e. The van der Waals surface area contributed by atoms with Gasteiger partial charge in [-0.05, 0) is 57.1 Å². The molecule has 4 fully saturated rings. The Morgan fingerprint density at radius 1 is 0.800 bits per heavy atom. The minimum atomic E-state index is -3.88. The number of hydrogen-bond donors (Lipinski definition) is 0. The number of methoxy groups -OCH3 is 1. The van der Waals surface area contributed by atoms with Gasteiger partial charge in [-0.1, -0.05) is 75.3 Å². The van der Waals surface area contributed by atoms with Gasteiger partial charge in [0.15, 0.2) is 0 Å². The standard InChI is InChI=1S/C43H56N4O7S/c1-53-33-19-22-36-38(27-33)44-37(31-16-11-8-12-17-31)29-40(36)54-34-28-39-43(50)47(55(51,52)35-20-21-35)25-15-7-5-3-2-4-6-10-18-32(42(49)46(39)30-34)26-41(48)45-23-13-9-14-24-45/h8,11-12,16-17,19,22,27,29,32,34-35,39H,2-7,9-10,13-15,18,20-21,23-26,28,30H2,1H3. The van der Waals surface area contributed by atoms with Crippen LogP contribution in [0, 0.1) is 5.92 Å². The van der Waals surface area contributed by atoms with E-state index in [9.17, 15) is 22.8 Å². The van der Waals surface area contributed by atoms with Crippen molar-refractivity contribution in [3.8, 4) is 22.8 Å². The second-order valence-electron chi connectivity index (χ2n) is 15.9. The van der Waals surface area contributed by atoms with Gasteiger partial charge >= 0.3 is 0 Å². The molecule has 12 heteroatoms. The van der Waals surface area contributed by atoms with Gasteiger partial charge in [0.05, 0.1) is 30.1 Å². The Hall–Kier alpha value is -4.19. The number of ether oxygens (including phenoxy) is 2. The summed E-state index contributed by atoms with van der Waals surface area (Å²) in [5.41, 5.74) is 2.27. The molecule has 1 saturated carbocycles. The van der Waals surface area contributed by atoms with Crippen LogP contribution >= 0.6 is 0 Å². The predicted octanol–water partition coefficient (Wildman–Crippen LogP) is 7.12. The number of fused-ring (bicyclic) bond motifs is 2. The zero-order chi connectivity index (χ0) is 38.4. The number of aromatic nitrogens is 1. The number of sulfonamides is 1. The smallest absolute Gasteiger partial charge is 0.258 e. The molecule has 1 aliphatic carbocycles. The predicted molar refractivity (Wildman–Crippen MR) is 212 cm³/mol. The second-order valence-corrected chi connectivity index (χ2v) is 18.0. The van der Waals surface area contributed by atoms with Gasteiger partial charge in [-0.2, -0.15) is 0 Å². The van der Waals surface area contributed by atoms with Gasteiger partial charge in [0, 0.05) is 61.5 Å². The van der Waals surface area contributed by atoms with Gasteiger partial charge in [-0.25, -0.2) is 17.7 Å². The van der Waals surface area contributed by atoms with Crippen LogP contribution in [-0.4, -0.2) is 95.9 Å². The number of benzene rings is 2. The first-order valence-corrected chi connectivity index (χ1v) is 22.1. The van der Waals surface area contributed by atoms with Gasteiger partial charge in [-0.3, -0.25) is 14.4 Å². The maximum Gasteiger partial charge on any atom is 0.258 e. The summed E-state index contributed by atoms with van der Waals surface area (Å²) in [5, 5.41) is 0.188. The van der Waals surface area contributed by atoms with Crippen molar-refractivity contribution >= 4 is 38.6 Å². The van der Waals surface area contributed by atoms with Gasteiger partial charge < -0.3 is 19.3 Å². The van der Waals surface area contributed by atoms with Crippen molar-refractivity contribution < 1.29 is 32.3 Å². The van der Waals surface area contributed by atoms with Crippen molar-refractivity contribution in [2.75, 3.05) is 33.3 Å². The lowest BCUT2D eigenvalue weighted by atomic mass is 9.94. The highest BCUT2D eigenvalue weighted by Crippen LogP contribution is 2.37. The van der Waals surface area contributed by atoms with Gasteiger partial charge in [-0.15, -0.1) is 0 Å². The Labute approximate surface area is 325 Å². The van der Waals surface area contributed by atoms with Crippen molar-refractivity contribution in [3.63, 3.8) is 0 Å². The maximum atomic E-state index is 14.9. The summed E-state index contributed by atoms with van der Waals surface area (Å²) >= 11 is 0. The zero-order valence-corrected chi connectivity index (χ0v) is 33.0. The molecule has 3 saturated heterocycles. The molecule has 7 rings (SSSR count). The number of hydrogen-bond acceptors (Lipinski definition) is 8. The maximum absolute atomic E-state index is 14.9. The normalized spacial score (nSPS) is 23.8. The molecule has 0 spiro atoms. The first kappa shape index (κ1) is 39.1. The summed E-state index contributed by atoms with van der Waals surface area (Å²) in [6, 6.07) is 16.2. The highest BCUT2D eigenvalue weighted by molar-refractivity contribution is 7.90. The Morgan fingerprint density at radius 2 is 1.47 bits per heavy atom. The summed E-state index contributed by atoms with van der Waals surface area (Å²) in [6.07, 6.45) is 11.6. The van der Waals surface area contributed by atoms with Crippen LogP contribution in [0.1, 0.15) is 103 Å². The van der Waals surface area contributed by atoms with E-state index in [1.807, 2.05) is 59.5 Å². The molecule has 11 nitrogen and oxygen atoms in total. The Balaban J connectivity index is 1.23. The van der Waals surface area contributed by atoms with Crippen LogP contribution in [0.25, 0.3) is 22.2 Å².